The van der Waals surface area contributed by atoms with Crippen LogP contribution in [0.1, 0.15) is 45.1 Å². The van der Waals surface area contributed by atoms with Crippen LogP contribution in [0.5, 0.6) is 0 Å². The zero-order chi connectivity index (χ0) is 16.8. The second-order valence-corrected chi connectivity index (χ2v) is 6.73. The first-order valence-corrected chi connectivity index (χ1v) is 7.96. The maximum Gasteiger partial charge on any atom is 0.341 e. The molecule has 3 nitrogen and oxygen atoms in total. The van der Waals surface area contributed by atoms with Gasteiger partial charge in [-0.3, -0.25) is 0 Å². The zero-order valence-electron chi connectivity index (χ0n) is 13.2. The Morgan fingerprint density at radius 3 is 2.52 bits per heavy atom. The zero-order valence-corrected chi connectivity index (χ0v) is 13.2. The van der Waals surface area contributed by atoms with Gasteiger partial charge in [0, 0.05) is 12.5 Å². The van der Waals surface area contributed by atoms with Crippen molar-refractivity contribution in [2.75, 3.05) is 0 Å². The van der Waals surface area contributed by atoms with Crippen molar-refractivity contribution in [3.8, 4) is 0 Å². The quantitative estimate of drug-likeness (QED) is 0.842. The number of hydrogen-bond acceptors (Lipinski definition) is 3. The Labute approximate surface area is 134 Å². The number of cyclic esters (lactones) is 1. The van der Waals surface area contributed by atoms with Gasteiger partial charge in [-0.2, -0.15) is 0 Å². The molecule has 124 valence electrons. The Hall–Kier alpha value is -1.75. The number of esters is 1. The van der Waals surface area contributed by atoms with Crippen LogP contribution in [0.25, 0.3) is 5.57 Å². The van der Waals surface area contributed by atoms with Crippen LogP contribution in [0, 0.1) is 23.5 Å². The molecule has 3 rings (SSSR count). The van der Waals surface area contributed by atoms with E-state index in [1.807, 2.05) is 0 Å². The highest BCUT2D eigenvalue weighted by molar-refractivity contribution is 6.20. The monoisotopic (exact) mass is 322 g/mol. The minimum Gasteiger partial charge on any atom is -0.426 e. The molecule has 1 aromatic carbocycles. The average Bonchev–Trinajstić information content (AvgIpc) is 2.68. The predicted octanol–water partition coefficient (Wildman–Crippen LogP) is 3.81. The van der Waals surface area contributed by atoms with Crippen LogP contribution >= 0.6 is 0 Å². The van der Waals surface area contributed by atoms with Crippen LogP contribution in [0.3, 0.4) is 0 Å². The number of benzene rings is 1. The van der Waals surface area contributed by atoms with Crippen molar-refractivity contribution in [2.24, 2.45) is 11.8 Å². The van der Waals surface area contributed by atoms with Gasteiger partial charge in [0.15, 0.2) is 0 Å². The molecule has 1 fully saturated rings. The fourth-order valence-electron chi connectivity index (χ4n) is 3.88. The van der Waals surface area contributed by atoms with Gasteiger partial charge in [-0.25, -0.2) is 13.6 Å². The molecule has 0 saturated heterocycles. The van der Waals surface area contributed by atoms with Crippen molar-refractivity contribution in [3.63, 3.8) is 0 Å². The van der Waals surface area contributed by atoms with Crippen molar-refractivity contribution >= 4 is 11.5 Å². The molecule has 0 radical (unpaired) electrons. The van der Waals surface area contributed by atoms with Crippen LogP contribution in [0.2, 0.25) is 0 Å². The maximum absolute atomic E-state index is 14.2. The molecule has 1 aromatic rings. The lowest BCUT2D eigenvalue weighted by molar-refractivity contribution is -0.176. The highest BCUT2D eigenvalue weighted by atomic mass is 19.1. The van der Waals surface area contributed by atoms with E-state index in [0.29, 0.717) is 11.5 Å². The van der Waals surface area contributed by atoms with Gasteiger partial charge in [0.2, 0.25) is 5.79 Å². The second-order valence-electron chi connectivity index (χ2n) is 6.73. The molecule has 1 N–H and O–H groups in total. The molecular formula is C18H20F2O3. The van der Waals surface area contributed by atoms with Gasteiger partial charge in [0.05, 0.1) is 11.1 Å². The van der Waals surface area contributed by atoms with E-state index in [0.717, 1.165) is 37.8 Å². The van der Waals surface area contributed by atoms with Crippen LogP contribution in [0.4, 0.5) is 8.78 Å². The number of aliphatic hydroxyl groups is 1. The van der Waals surface area contributed by atoms with Crippen LogP contribution in [-0.4, -0.2) is 16.9 Å². The summed E-state index contributed by atoms with van der Waals surface area (Å²) >= 11 is 0. The predicted molar refractivity (Wildman–Crippen MR) is 81.1 cm³/mol. The van der Waals surface area contributed by atoms with E-state index in [-0.39, 0.29) is 11.5 Å². The smallest absolute Gasteiger partial charge is 0.341 e. The van der Waals surface area contributed by atoms with Gasteiger partial charge in [-0.1, -0.05) is 25.8 Å². The van der Waals surface area contributed by atoms with Crippen molar-refractivity contribution in [2.45, 2.75) is 45.3 Å². The minimum absolute atomic E-state index is 0.116. The first kappa shape index (κ1) is 16.1. The van der Waals surface area contributed by atoms with E-state index < -0.39 is 29.0 Å². The number of ether oxygens (including phenoxy) is 1. The van der Waals surface area contributed by atoms with E-state index in [4.69, 9.17) is 4.74 Å². The number of halogens is 2. The average molecular weight is 322 g/mol. The Bertz CT molecular complexity index is 659. The van der Waals surface area contributed by atoms with Crippen LogP contribution in [-0.2, 0) is 9.53 Å². The molecule has 0 amide bonds. The van der Waals surface area contributed by atoms with Gasteiger partial charge < -0.3 is 9.84 Å². The van der Waals surface area contributed by atoms with E-state index >= 15 is 0 Å². The third kappa shape index (κ3) is 2.78. The molecule has 1 saturated carbocycles. The summed E-state index contributed by atoms with van der Waals surface area (Å²) < 4.78 is 33.4. The highest BCUT2D eigenvalue weighted by Crippen LogP contribution is 2.46. The molecule has 0 aromatic heterocycles. The Kier molecular flexibility index (Phi) is 4.00. The van der Waals surface area contributed by atoms with Crippen LogP contribution in [0.15, 0.2) is 23.8 Å². The summed E-state index contributed by atoms with van der Waals surface area (Å²) in [6, 6.07) is 3.45. The lowest BCUT2D eigenvalue weighted by Crippen LogP contribution is -2.32. The largest absolute Gasteiger partial charge is 0.426 e. The molecule has 0 spiro atoms. The number of carbonyl (C=O) groups excluding carboxylic acids is 1. The summed E-state index contributed by atoms with van der Waals surface area (Å²) in [4.78, 5) is 12.3. The van der Waals surface area contributed by atoms with E-state index in [9.17, 15) is 18.7 Å². The molecule has 2 aliphatic rings. The van der Waals surface area contributed by atoms with Gasteiger partial charge in [-0.15, -0.1) is 0 Å². The Balaban J connectivity index is 2.19. The van der Waals surface area contributed by atoms with Crippen molar-refractivity contribution in [3.05, 3.63) is 41.0 Å². The Morgan fingerprint density at radius 1 is 1.26 bits per heavy atom. The number of carbonyl (C=O) groups is 1. The standard InChI is InChI=1S/C18H20F2O3/c1-10-5-3-6-11(9-10)16-15(17(21)23-18(16,2)22)14-12(19)7-4-8-13(14)20/h4,7-8,10-11,22H,3,5-6,9H2,1-2H3. The van der Waals surface area contributed by atoms with Crippen molar-refractivity contribution < 1.29 is 23.4 Å². The highest BCUT2D eigenvalue weighted by Gasteiger charge is 2.48. The first-order chi connectivity index (χ1) is 10.8. The summed E-state index contributed by atoms with van der Waals surface area (Å²) in [5.74, 6) is -4.02. The lowest BCUT2D eigenvalue weighted by Gasteiger charge is -2.32. The molecule has 3 atom stereocenters. The fraction of sp³-hybridized carbons (Fsp3) is 0.500. The van der Waals surface area contributed by atoms with Gasteiger partial charge >= 0.3 is 5.97 Å². The van der Waals surface area contributed by atoms with Gasteiger partial charge in [-0.05, 0) is 36.8 Å². The van der Waals surface area contributed by atoms with E-state index in [2.05, 4.69) is 6.92 Å². The van der Waals surface area contributed by atoms with Crippen LogP contribution < -0.4 is 0 Å². The van der Waals surface area contributed by atoms with E-state index in [1.54, 1.807) is 0 Å². The normalized spacial score (nSPS) is 31.4. The van der Waals surface area contributed by atoms with E-state index in [1.165, 1.54) is 13.0 Å². The van der Waals surface area contributed by atoms with Crippen molar-refractivity contribution in [1.29, 1.82) is 0 Å². The minimum atomic E-state index is -1.82. The SMILES string of the molecule is CC1CCCC(C2=C(c3c(F)cccc3F)C(=O)OC2(C)O)C1. The Morgan fingerprint density at radius 2 is 1.91 bits per heavy atom. The molecule has 23 heavy (non-hydrogen) atoms. The summed E-state index contributed by atoms with van der Waals surface area (Å²) in [5, 5.41) is 10.5. The molecule has 1 aliphatic carbocycles. The van der Waals surface area contributed by atoms with Gasteiger partial charge in [0.1, 0.15) is 11.6 Å². The molecule has 1 aliphatic heterocycles. The molecule has 1 heterocycles. The third-order valence-corrected chi connectivity index (χ3v) is 4.82. The second kappa shape index (κ2) is 5.71. The maximum atomic E-state index is 14.2. The van der Waals surface area contributed by atoms with Crippen molar-refractivity contribution in [1.82, 2.24) is 0 Å². The molecule has 5 heteroatoms. The summed E-state index contributed by atoms with van der Waals surface area (Å²) in [5.41, 5.74) is -0.230. The molecule has 3 unspecified atom stereocenters. The molecular weight excluding hydrogens is 302 g/mol. The summed E-state index contributed by atoms with van der Waals surface area (Å²) in [6.45, 7) is 3.47. The number of hydrogen-bond donors (Lipinski definition) is 1. The fourth-order valence-corrected chi connectivity index (χ4v) is 3.88. The molecule has 0 bridgehead atoms. The van der Waals surface area contributed by atoms with Gasteiger partial charge in [0.25, 0.3) is 0 Å². The number of rotatable bonds is 2. The third-order valence-electron chi connectivity index (χ3n) is 4.82. The summed E-state index contributed by atoms with van der Waals surface area (Å²) in [6.07, 6.45) is 3.56. The summed E-state index contributed by atoms with van der Waals surface area (Å²) in [7, 11) is 0. The lowest BCUT2D eigenvalue weighted by atomic mass is 9.74. The topological polar surface area (TPSA) is 46.5 Å². The first-order valence-electron chi connectivity index (χ1n) is 7.96.